The third kappa shape index (κ3) is 9.00. The quantitative estimate of drug-likeness (QED) is 0.111. The van der Waals surface area contributed by atoms with Crippen LogP contribution in [0.4, 0.5) is 0 Å². The summed E-state index contributed by atoms with van der Waals surface area (Å²) in [7, 11) is 1.26. The van der Waals surface area contributed by atoms with Crippen LogP contribution in [0.25, 0.3) is 6.08 Å². The van der Waals surface area contributed by atoms with Gasteiger partial charge in [-0.05, 0) is 97.2 Å². The van der Waals surface area contributed by atoms with Crippen molar-refractivity contribution in [2.75, 3.05) is 33.5 Å². The minimum absolute atomic E-state index is 0.110. The summed E-state index contributed by atoms with van der Waals surface area (Å²) in [6.45, 7) is 7.39. The lowest BCUT2D eigenvalue weighted by molar-refractivity contribution is -0.143. The molecule has 1 atom stereocenters. The van der Waals surface area contributed by atoms with Crippen molar-refractivity contribution in [3.63, 3.8) is 0 Å². The lowest BCUT2D eigenvalue weighted by Crippen LogP contribution is -2.40. The van der Waals surface area contributed by atoms with Gasteiger partial charge < -0.3 is 28.4 Å². The first-order valence-corrected chi connectivity index (χ1v) is 18.5. The molecule has 0 spiro atoms. The van der Waals surface area contributed by atoms with Crippen LogP contribution in [0.2, 0.25) is 5.02 Å². The molecule has 3 aromatic carbocycles. The van der Waals surface area contributed by atoms with Crippen molar-refractivity contribution >= 4 is 62.9 Å². The lowest BCUT2D eigenvalue weighted by Gasteiger charge is -2.25. The van der Waals surface area contributed by atoms with E-state index in [-0.39, 0.29) is 44.4 Å². The van der Waals surface area contributed by atoms with Crippen molar-refractivity contribution in [2.45, 2.75) is 40.3 Å². The van der Waals surface area contributed by atoms with Crippen molar-refractivity contribution in [1.82, 2.24) is 4.57 Å². The summed E-state index contributed by atoms with van der Waals surface area (Å²) in [5.74, 6) is -0.597. The number of carbonyl (C=O) groups excluding carboxylic acids is 3. The number of allylic oxidation sites excluding steroid dienone is 1. The number of rotatable bonds is 14. The zero-order valence-electron chi connectivity index (χ0n) is 29.5. The van der Waals surface area contributed by atoms with Gasteiger partial charge in [0.1, 0.15) is 12.4 Å². The van der Waals surface area contributed by atoms with E-state index in [2.05, 4.69) is 20.9 Å². The zero-order chi connectivity index (χ0) is 38.2. The Kier molecular flexibility index (Phi) is 13.1. The molecule has 0 bridgehead atoms. The summed E-state index contributed by atoms with van der Waals surface area (Å²) in [5, 5.41) is 0.401. The van der Waals surface area contributed by atoms with Gasteiger partial charge in [-0.1, -0.05) is 41.1 Å². The molecule has 0 saturated heterocycles. The highest BCUT2D eigenvalue weighted by molar-refractivity contribution is 9.10. The highest BCUT2D eigenvalue weighted by Crippen LogP contribution is 2.37. The average molecular weight is 828 g/mol. The van der Waals surface area contributed by atoms with E-state index in [1.165, 1.54) is 11.7 Å². The number of thiazole rings is 1. The van der Waals surface area contributed by atoms with E-state index >= 15 is 0 Å². The van der Waals surface area contributed by atoms with Crippen LogP contribution in [0.3, 0.4) is 0 Å². The van der Waals surface area contributed by atoms with Gasteiger partial charge in [-0.15, -0.1) is 0 Å². The fourth-order valence-electron chi connectivity index (χ4n) is 5.47. The molecule has 2 heterocycles. The first-order valence-electron chi connectivity index (χ1n) is 16.5. The van der Waals surface area contributed by atoms with E-state index in [0.717, 1.165) is 16.9 Å². The number of aromatic nitrogens is 1. The van der Waals surface area contributed by atoms with Crippen LogP contribution in [-0.4, -0.2) is 56.0 Å². The number of carbonyl (C=O) groups is 3. The molecule has 0 fully saturated rings. The predicted molar refractivity (Wildman–Crippen MR) is 201 cm³/mol. The highest BCUT2D eigenvalue weighted by Gasteiger charge is 2.34. The Morgan fingerprint density at radius 3 is 2.32 bits per heavy atom. The maximum Gasteiger partial charge on any atom is 0.343 e. The van der Waals surface area contributed by atoms with Gasteiger partial charge >= 0.3 is 17.9 Å². The van der Waals surface area contributed by atoms with Gasteiger partial charge in [-0.3, -0.25) is 9.36 Å². The molecular weight excluding hydrogens is 792 g/mol. The van der Waals surface area contributed by atoms with E-state index in [1.807, 2.05) is 0 Å². The molecule has 1 aliphatic heterocycles. The Labute approximate surface area is 322 Å². The standard InChI is InChI=1S/C38H36BrClN2O10S/c1-6-48-29-16-24(13-14-28(29)51-20-31(43)47-5)33-32(37(46)50-8-3)21(4)41-38-42(33)35(44)30(53-38)17-25-15-26(40)18-27(39)34(25)52-19-22-9-11-23(12-10-22)36(45)49-7-2/h9-18,33H,6-8,19-20H2,1-5H3/b30-17+/t33-/m0/s1. The normalized spacial score (nSPS) is 13.9. The first kappa shape index (κ1) is 39.3. The second kappa shape index (κ2) is 17.7. The minimum Gasteiger partial charge on any atom is -0.490 e. The van der Waals surface area contributed by atoms with Gasteiger partial charge in [0.05, 0.1) is 58.8 Å². The third-order valence-corrected chi connectivity index (χ3v) is 9.64. The summed E-state index contributed by atoms with van der Waals surface area (Å²) in [5.41, 5.74) is 2.40. The Morgan fingerprint density at radius 1 is 0.925 bits per heavy atom. The van der Waals surface area contributed by atoms with Gasteiger partial charge in [0.15, 0.2) is 22.9 Å². The number of esters is 3. The molecule has 0 amide bonds. The van der Waals surface area contributed by atoms with Gasteiger partial charge in [0, 0.05) is 10.6 Å². The monoisotopic (exact) mass is 826 g/mol. The largest absolute Gasteiger partial charge is 0.490 e. The maximum absolute atomic E-state index is 14.4. The molecule has 0 aliphatic carbocycles. The smallest absolute Gasteiger partial charge is 0.343 e. The van der Waals surface area contributed by atoms with Gasteiger partial charge in [-0.2, -0.15) is 0 Å². The fraction of sp³-hybridized carbons (Fsp3) is 0.289. The second-order valence-electron chi connectivity index (χ2n) is 11.3. The summed E-state index contributed by atoms with van der Waals surface area (Å²) in [6.07, 6.45) is 1.66. The molecule has 15 heteroatoms. The molecule has 0 saturated carbocycles. The molecule has 278 valence electrons. The average Bonchev–Trinajstić information content (AvgIpc) is 3.43. The van der Waals surface area contributed by atoms with Gasteiger partial charge in [0.25, 0.3) is 5.56 Å². The van der Waals surface area contributed by atoms with Crippen molar-refractivity contribution in [1.29, 1.82) is 0 Å². The van der Waals surface area contributed by atoms with Crippen LogP contribution < -0.4 is 29.1 Å². The van der Waals surface area contributed by atoms with Crippen LogP contribution in [0.5, 0.6) is 17.2 Å². The van der Waals surface area contributed by atoms with Crippen molar-refractivity contribution in [2.24, 2.45) is 4.99 Å². The van der Waals surface area contributed by atoms with E-state index in [4.69, 9.17) is 40.0 Å². The van der Waals surface area contributed by atoms with Crippen LogP contribution in [0.15, 0.2) is 80.1 Å². The zero-order valence-corrected chi connectivity index (χ0v) is 32.7. The molecule has 5 rings (SSSR count). The summed E-state index contributed by atoms with van der Waals surface area (Å²) in [6, 6.07) is 14.2. The fourth-order valence-corrected chi connectivity index (χ4v) is 7.46. The topological polar surface area (TPSA) is 141 Å². The SMILES string of the molecule is CCOC(=O)C1=C(C)N=c2s/c(=C/c3cc(Cl)cc(Br)c3OCc3ccc(C(=O)OCC)cc3)c(=O)n2[C@H]1c1ccc(OCC(=O)OC)c(OCC)c1. The van der Waals surface area contributed by atoms with Gasteiger partial charge in [0.2, 0.25) is 0 Å². The van der Waals surface area contributed by atoms with Crippen LogP contribution in [-0.2, 0) is 30.4 Å². The number of ether oxygens (including phenoxy) is 6. The number of hydrogen-bond donors (Lipinski definition) is 0. The summed E-state index contributed by atoms with van der Waals surface area (Å²) < 4.78 is 35.2. The number of fused-ring (bicyclic) bond motifs is 1. The van der Waals surface area contributed by atoms with E-state index in [9.17, 15) is 19.2 Å². The Morgan fingerprint density at radius 2 is 1.64 bits per heavy atom. The van der Waals surface area contributed by atoms with E-state index in [1.54, 1.807) is 88.4 Å². The molecule has 4 aromatic rings. The maximum atomic E-state index is 14.4. The molecule has 12 nitrogen and oxygen atoms in total. The molecule has 0 N–H and O–H groups in total. The van der Waals surface area contributed by atoms with E-state index in [0.29, 0.717) is 52.7 Å². The number of halogens is 2. The van der Waals surface area contributed by atoms with Crippen molar-refractivity contribution in [3.05, 3.63) is 117 Å². The number of methoxy groups -OCH3 is 1. The number of hydrogen-bond acceptors (Lipinski definition) is 12. The second-order valence-corrected chi connectivity index (χ2v) is 13.6. The Hall–Kier alpha value is -4.92. The van der Waals surface area contributed by atoms with Crippen molar-refractivity contribution in [3.8, 4) is 17.2 Å². The molecule has 0 unspecified atom stereocenters. The predicted octanol–water partition coefficient (Wildman–Crippen LogP) is 5.92. The molecule has 1 aliphatic rings. The summed E-state index contributed by atoms with van der Waals surface area (Å²) >= 11 is 11.2. The molecule has 1 aromatic heterocycles. The molecular formula is C38H36BrClN2O10S. The molecule has 0 radical (unpaired) electrons. The van der Waals surface area contributed by atoms with Crippen molar-refractivity contribution < 1.29 is 42.8 Å². The van der Waals surface area contributed by atoms with E-state index < -0.39 is 29.5 Å². The van der Waals surface area contributed by atoms with Crippen LogP contribution in [0, 0.1) is 0 Å². The van der Waals surface area contributed by atoms with Gasteiger partial charge in [-0.25, -0.2) is 19.4 Å². The minimum atomic E-state index is -0.944. The molecule has 53 heavy (non-hydrogen) atoms. The number of benzene rings is 3. The highest BCUT2D eigenvalue weighted by atomic mass is 79.9. The lowest BCUT2D eigenvalue weighted by atomic mass is 9.95. The Bertz CT molecular complexity index is 2250. The summed E-state index contributed by atoms with van der Waals surface area (Å²) in [4.78, 5) is 56.7. The Balaban J connectivity index is 1.58. The first-order chi connectivity index (χ1) is 25.5. The third-order valence-electron chi connectivity index (χ3n) is 7.85. The van der Waals surface area contributed by atoms with Crippen LogP contribution in [0.1, 0.15) is 60.8 Å². The number of nitrogens with zero attached hydrogens (tertiary/aromatic N) is 2. The van der Waals surface area contributed by atoms with Crippen LogP contribution >= 0.6 is 38.9 Å².